The molecule has 0 bridgehead atoms. The molecule has 0 saturated carbocycles. The molecule has 1 fully saturated rings. The van der Waals surface area contributed by atoms with E-state index in [-0.39, 0.29) is 0 Å². The van der Waals surface area contributed by atoms with Crippen molar-refractivity contribution in [3.05, 3.63) is 22.3 Å². The van der Waals surface area contributed by atoms with Gasteiger partial charge >= 0.3 is 0 Å². The molecule has 82 valence electrons. The fraction of sp³-hybridized carbons (Fsp3) is 0.545. The molecular formula is C11H14Br2N2. The number of nitrogens with zero attached hydrogens (tertiary/aromatic N) is 2. The lowest BCUT2D eigenvalue weighted by Gasteiger charge is -2.17. The Hall–Kier alpha value is -0.0900. The van der Waals surface area contributed by atoms with Crippen LogP contribution in [-0.2, 0) is 0 Å². The van der Waals surface area contributed by atoms with Crippen LogP contribution in [0.1, 0.15) is 12.6 Å². The summed E-state index contributed by atoms with van der Waals surface area (Å²) in [5.41, 5.74) is 1.05. The Bertz CT molecular complexity index is 358. The molecule has 1 aromatic rings. The van der Waals surface area contributed by atoms with Crippen molar-refractivity contribution in [2.24, 2.45) is 5.92 Å². The number of pyridine rings is 1. The van der Waals surface area contributed by atoms with Gasteiger partial charge in [-0.25, -0.2) is 4.98 Å². The average molecular weight is 334 g/mol. The summed E-state index contributed by atoms with van der Waals surface area (Å²) in [6.07, 6.45) is 0. The molecular weight excluding hydrogens is 320 g/mol. The summed E-state index contributed by atoms with van der Waals surface area (Å²) < 4.78 is 1.08. The van der Waals surface area contributed by atoms with Crippen molar-refractivity contribution in [1.82, 2.24) is 4.98 Å². The Kier molecular flexibility index (Phi) is 3.36. The lowest BCUT2D eigenvalue weighted by atomic mass is 10.2. The molecule has 15 heavy (non-hydrogen) atoms. The zero-order chi connectivity index (χ0) is 11.0. The maximum absolute atomic E-state index is 4.58. The molecule has 1 saturated heterocycles. The standard InChI is InChI=1S/C11H14Br2N2/c1-7-5-15(6-10(7)13)11-4-3-9(12)8(2)14-11/h3-4,7,10H,5-6H2,1-2H3. The molecule has 1 aromatic heterocycles. The van der Waals surface area contributed by atoms with Gasteiger partial charge in [0.1, 0.15) is 5.82 Å². The molecule has 4 heteroatoms. The first kappa shape index (κ1) is 11.4. The van der Waals surface area contributed by atoms with Gasteiger partial charge in [0.15, 0.2) is 0 Å². The van der Waals surface area contributed by atoms with E-state index in [4.69, 9.17) is 0 Å². The quantitative estimate of drug-likeness (QED) is 0.732. The molecule has 1 aliphatic heterocycles. The Morgan fingerprint density at radius 2 is 2.13 bits per heavy atom. The zero-order valence-electron chi connectivity index (χ0n) is 8.87. The second-order valence-electron chi connectivity index (χ2n) is 4.13. The third-order valence-electron chi connectivity index (χ3n) is 2.85. The molecule has 2 heterocycles. The van der Waals surface area contributed by atoms with E-state index >= 15 is 0 Å². The summed E-state index contributed by atoms with van der Waals surface area (Å²) in [4.78, 5) is 7.51. The van der Waals surface area contributed by atoms with Crippen molar-refractivity contribution in [3.8, 4) is 0 Å². The first-order chi connectivity index (χ1) is 7.08. The fourth-order valence-corrected chi connectivity index (χ4v) is 2.56. The molecule has 0 aromatic carbocycles. The second kappa shape index (κ2) is 4.42. The van der Waals surface area contributed by atoms with E-state index in [1.807, 2.05) is 6.92 Å². The number of aromatic nitrogens is 1. The van der Waals surface area contributed by atoms with Gasteiger partial charge in [-0.3, -0.25) is 0 Å². The highest BCUT2D eigenvalue weighted by Gasteiger charge is 2.28. The van der Waals surface area contributed by atoms with E-state index in [1.165, 1.54) is 0 Å². The van der Waals surface area contributed by atoms with Gasteiger partial charge in [-0.2, -0.15) is 0 Å². The Morgan fingerprint density at radius 1 is 1.40 bits per heavy atom. The maximum atomic E-state index is 4.58. The van der Waals surface area contributed by atoms with Gasteiger partial charge in [0.05, 0.1) is 5.69 Å². The van der Waals surface area contributed by atoms with Crippen LogP contribution < -0.4 is 4.90 Å². The Morgan fingerprint density at radius 3 is 2.67 bits per heavy atom. The summed E-state index contributed by atoms with van der Waals surface area (Å²) in [5, 5.41) is 0. The van der Waals surface area contributed by atoms with Crippen LogP contribution >= 0.6 is 31.9 Å². The van der Waals surface area contributed by atoms with Crippen molar-refractivity contribution < 1.29 is 0 Å². The average Bonchev–Trinajstić information content (AvgIpc) is 2.52. The van der Waals surface area contributed by atoms with Crippen molar-refractivity contribution in [2.45, 2.75) is 18.7 Å². The maximum Gasteiger partial charge on any atom is 0.128 e. The summed E-state index contributed by atoms with van der Waals surface area (Å²) in [7, 11) is 0. The largest absolute Gasteiger partial charge is 0.355 e. The molecule has 0 radical (unpaired) electrons. The minimum absolute atomic E-state index is 0.586. The van der Waals surface area contributed by atoms with Crippen molar-refractivity contribution >= 4 is 37.7 Å². The summed E-state index contributed by atoms with van der Waals surface area (Å²) >= 11 is 7.17. The summed E-state index contributed by atoms with van der Waals surface area (Å²) in [6, 6.07) is 4.15. The SMILES string of the molecule is Cc1nc(N2CC(C)C(Br)C2)ccc1Br. The third kappa shape index (κ3) is 2.36. The van der Waals surface area contributed by atoms with E-state index in [1.54, 1.807) is 0 Å². The number of halogens is 2. The molecule has 0 N–H and O–H groups in total. The molecule has 0 spiro atoms. The van der Waals surface area contributed by atoms with Gasteiger partial charge in [-0.1, -0.05) is 22.9 Å². The normalized spacial score (nSPS) is 26.0. The molecule has 2 unspecified atom stereocenters. The first-order valence-corrected chi connectivity index (χ1v) is 6.81. The van der Waals surface area contributed by atoms with Gasteiger partial charge in [0.2, 0.25) is 0 Å². The highest BCUT2D eigenvalue weighted by atomic mass is 79.9. The first-order valence-electron chi connectivity index (χ1n) is 5.10. The minimum atomic E-state index is 0.586. The second-order valence-corrected chi connectivity index (χ2v) is 6.17. The van der Waals surface area contributed by atoms with Gasteiger partial charge in [-0.15, -0.1) is 0 Å². The smallest absolute Gasteiger partial charge is 0.128 e. The minimum Gasteiger partial charge on any atom is -0.355 e. The third-order valence-corrected chi connectivity index (χ3v) is 4.88. The van der Waals surface area contributed by atoms with Gasteiger partial charge in [0.25, 0.3) is 0 Å². The van der Waals surface area contributed by atoms with Crippen LogP contribution in [0.5, 0.6) is 0 Å². The highest BCUT2D eigenvalue weighted by Crippen LogP contribution is 2.28. The lowest BCUT2D eigenvalue weighted by molar-refractivity contribution is 0.679. The van der Waals surface area contributed by atoms with Gasteiger partial charge < -0.3 is 4.90 Å². The van der Waals surface area contributed by atoms with Crippen molar-refractivity contribution in [1.29, 1.82) is 0 Å². The number of alkyl halides is 1. The van der Waals surface area contributed by atoms with Crippen LogP contribution in [0.3, 0.4) is 0 Å². The topological polar surface area (TPSA) is 16.1 Å². The molecule has 2 atom stereocenters. The van der Waals surface area contributed by atoms with Crippen molar-refractivity contribution in [3.63, 3.8) is 0 Å². The van der Waals surface area contributed by atoms with E-state index in [9.17, 15) is 0 Å². The number of rotatable bonds is 1. The Balaban J connectivity index is 2.20. The fourth-order valence-electron chi connectivity index (χ4n) is 1.82. The number of hydrogen-bond donors (Lipinski definition) is 0. The van der Waals surface area contributed by atoms with E-state index in [0.717, 1.165) is 29.1 Å². The predicted molar refractivity (Wildman–Crippen MR) is 70.8 cm³/mol. The zero-order valence-corrected chi connectivity index (χ0v) is 12.0. The van der Waals surface area contributed by atoms with E-state index in [0.29, 0.717) is 10.7 Å². The van der Waals surface area contributed by atoms with Crippen LogP contribution in [0.2, 0.25) is 0 Å². The van der Waals surface area contributed by atoms with Crippen molar-refractivity contribution in [2.75, 3.05) is 18.0 Å². The van der Waals surface area contributed by atoms with Crippen LogP contribution in [0, 0.1) is 12.8 Å². The lowest BCUT2D eigenvalue weighted by Crippen LogP contribution is -2.21. The van der Waals surface area contributed by atoms with Gasteiger partial charge in [-0.05, 0) is 40.9 Å². The van der Waals surface area contributed by atoms with Crippen LogP contribution in [0.15, 0.2) is 16.6 Å². The van der Waals surface area contributed by atoms with Crippen LogP contribution in [0.4, 0.5) is 5.82 Å². The Labute approximate surface area is 107 Å². The van der Waals surface area contributed by atoms with Crippen LogP contribution in [-0.4, -0.2) is 22.9 Å². The predicted octanol–water partition coefficient (Wildman–Crippen LogP) is 3.37. The van der Waals surface area contributed by atoms with E-state index < -0.39 is 0 Å². The molecule has 2 nitrogen and oxygen atoms in total. The van der Waals surface area contributed by atoms with E-state index in [2.05, 4.69) is 60.8 Å². The van der Waals surface area contributed by atoms with Crippen LogP contribution in [0.25, 0.3) is 0 Å². The number of anilines is 1. The number of hydrogen-bond acceptors (Lipinski definition) is 2. The molecule has 0 amide bonds. The highest BCUT2D eigenvalue weighted by molar-refractivity contribution is 9.10. The molecule has 1 aliphatic rings. The summed E-state index contributed by atoms with van der Waals surface area (Å²) in [5.74, 6) is 1.78. The number of aryl methyl sites for hydroxylation is 1. The van der Waals surface area contributed by atoms with Gasteiger partial charge in [0, 0.05) is 22.4 Å². The summed E-state index contributed by atoms with van der Waals surface area (Å²) in [6.45, 7) is 6.43. The molecule has 2 rings (SSSR count). The monoisotopic (exact) mass is 332 g/mol. The molecule has 0 aliphatic carbocycles.